The molecule has 0 spiro atoms. The second-order valence-electron chi connectivity index (χ2n) is 3.14. The van der Waals surface area contributed by atoms with E-state index < -0.39 is 0 Å². The SMILES string of the molecule is O=C(Nc1cccnc1Br)c1cccc(Cl)n1. The zero-order valence-electron chi connectivity index (χ0n) is 8.52. The molecule has 0 aromatic carbocycles. The quantitative estimate of drug-likeness (QED) is 0.867. The molecule has 0 unspecified atom stereocenters. The first-order chi connectivity index (χ1) is 8.16. The molecule has 2 aromatic rings. The summed E-state index contributed by atoms with van der Waals surface area (Å²) < 4.78 is 0.565. The van der Waals surface area contributed by atoms with Crippen LogP contribution >= 0.6 is 27.5 Å². The number of hydrogen-bond donors (Lipinski definition) is 1. The van der Waals surface area contributed by atoms with Gasteiger partial charge in [-0.3, -0.25) is 4.79 Å². The maximum atomic E-state index is 11.8. The molecule has 4 nitrogen and oxygen atoms in total. The van der Waals surface area contributed by atoms with E-state index in [1.807, 2.05) is 0 Å². The maximum absolute atomic E-state index is 11.8. The highest BCUT2D eigenvalue weighted by Gasteiger charge is 2.09. The van der Waals surface area contributed by atoms with Gasteiger partial charge in [0.25, 0.3) is 5.91 Å². The monoisotopic (exact) mass is 311 g/mol. The molecule has 0 saturated carbocycles. The third-order valence-electron chi connectivity index (χ3n) is 1.96. The zero-order valence-corrected chi connectivity index (χ0v) is 10.9. The van der Waals surface area contributed by atoms with Crippen molar-refractivity contribution in [2.24, 2.45) is 0 Å². The fraction of sp³-hybridized carbons (Fsp3) is 0. The Morgan fingerprint density at radius 2 is 2.12 bits per heavy atom. The minimum atomic E-state index is -0.332. The summed E-state index contributed by atoms with van der Waals surface area (Å²) >= 11 is 8.95. The van der Waals surface area contributed by atoms with Gasteiger partial charge in [-0.05, 0) is 40.2 Å². The predicted molar refractivity (Wildman–Crippen MR) is 69.1 cm³/mol. The fourth-order valence-corrected chi connectivity index (χ4v) is 1.71. The molecule has 0 aliphatic heterocycles. The number of carbonyl (C=O) groups excluding carboxylic acids is 1. The Morgan fingerprint density at radius 3 is 2.82 bits per heavy atom. The predicted octanol–water partition coefficient (Wildman–Crippen LogP) is 3.14. The molecule has 2 rings (SSSR count). The number of carbonyl (C=O) groups is 1. The third kappa shape index (κ3) is 3.01. The van der Waals surface area contributed by atoms with Crippen LogP contribution in [-0.4, -0.2) is 15.9 Å². The van der Waals surface area contributed by atoms with Crippen LogP contribution in [0.2, 0.25) is 5.15 Å². The molecule has 2 heterocycles. The molecule has 1 N–H and O–H groups in total. The topological polar surface area (TPSA) is 54.9 Å². The van der Waals surface area contributed by atoms with Gasteiger partial charge < -0.3 is 5.32 Å². The van der Waals surface area contributed by atoms with Crippen LogP contribution in [0.3, 0.4) is 0 Å². The second kappa shape index (κ2) is 5.25. The van der Waals surface area contributed by atoms with Gasteiger partial charge in [0.2, 0.25) is 0 Å². The number of nitrogens with one attached hydrogen (secondary N) is 1. The third-order valence-corrected chi connectivity index (χ3v) is 2.80. The lowest BCUT2D eigenvalue weighted by molar-refractivity contribution is 0.102. The molecule has 1 amide bonds. The molecule has 0 aliphatic carbocycles. The highest BCUT2D eigenvalue weighted by atomic mass is 79.9. The largest absolute Gasteiger partial charge is 0.318 e. The van der Waals surface area contributed by atoms with E-state index in [1.165, 1.54) is 0 Å². The van der Waals surface area contributed by atoms with Crippen LogP contribution in [0, 0.1) is 0 Å². The van der Waals surface area contributed by atoms with Crippen molar-refractivity contribution in [2.45, 2.75) is 0 Å². The summed E-state index contributed by atoms with van der Waals surface area (Å²) in [6.45, 7) is 0. The summed E-state index contributed by atoms with van der Waals surface area (Å²) in [5.41, 5.74) is 0.840. The first-order valence-electron chi connectivity index (χ1n) is 4.71. The molecule has 0 fully saturated rings. The zero-order chi connectivity index (χ0) is 12.3. The number of halogens is 2. The van der Waals surface area contributed by atoms with Crippen molar-refractivity contribution in [3.8, 4) is 0 Å². The molecule has 17 heavy (non-hydrogen) atoms. The molecule has 0 atom stereocenters. The number of rotatable bonds is 2. The molecule has 0 aliphatic rings. The number of aromatic nitrogens is 2. The van der Waals surface area contributed by atoms with Crippen LogP contribution in [0.5, 0.6) is 0 Å². The van der Waals surface area contributed by atoms with E-state index >= 15 is 0 Å². The Morgan fingerprint density at radius 1 is 1.29 bits per heavy atom. The number of amides is 1. The van der Waals surface area contributed by atoms with Gasteiger partial charge in [-0.15, -0.1) is 0 Å². The molecular weight excluding hydrogens is 305 g/mol. The van der Waals surface area contributed by atoms with Crippen molar-refractivity contribution >= 4 is 39.1 Å². The lowest BCUT2D eigenvalue weighted by atomic mass is 10.3. The maximum Gasteiger partial charge on any atom is 0.274 e. The fourth-order valence-electron chi connectivity index (χ4n) is 1.20. The average molecular weight is 313 g/mol. The normalized spacial score (nSPS) is 10.0. The lowest BCUT2D eigenvalue weighted by Crippen LogP contribution is -2.14. The molecule has 0 radical (unpaired) electrons. The molecular formula is C11H7BrClN3O. The van der Waals surface area contributed by atoms with Crippen molar-refractivity contribution < 1.29 is 4.79 Å². The second-order valence-corrected chi connectivity index (χ2v) is 4.28. The molecule has 0 bridgehead atoms. The Balaban J connectivity index is 2.20. The van der Waals surface area contributed by atoms with E-state index in [-0.39, 0.29) is 16.8 Å². The summed E-state index contributed by atoms with van der Waals surface area (Å²) in [4.78, 5) is 19.8. The number of anilines is 1. The van der Waals surface area contributed by atoms with E-state index in [4.69, 9.17) is 11.6 Å². The van der Waals surface area contributed by atoms with Gasteiger partial charge in [0, 0.05) is 6.20 Å². The summed E-state index contributed by atoms with van der Waals surface area (Å²) in [6, 6.07) is 8.33. The Bertz CT molecular complexity index is 562. The van der Waals surface area contributed by atoms with Crippen LogP contribution in [0.25, 0.3) is 0 Å². The van der Waals surface area contributed by atoms with Gasteiger partial charge in [-0.25, -0.2) is 9.97 Å². The van der Waals surface area contributed by atoms with Crippen LogP contribution in [0.15, 0.2) is 41.1 Å². The molecule has 2 aromatic heterocycles. The van der Waals surface area contributed by atoms with Crippen LogP contribution < -0.4 is 5.32 Å². The van der Waals surface area contributed by atoms with Crippen molar-refractivity contribution in [3.05, 3.63) is 52.0 Å². The van der Waals surface area contributed by atoms with Crippen LogP contribution in [0.4, 0.5) is 5.69 Å². The first-order valence-corrected chi connectivity index (χ1v) is 5.88. The average Bonchev–Trinajstić information content (AvgIpc) is 2.32. The Kier molecular flexibility index (Phi) is 3.71. The van der Waals surface area contributed by atoms with E-state index in [0.717, 1.165) is 0 Å². The van der Waals surface area contributed by atoms with Crippen LogP contribution in [-0.2, 0) is 0 Å². The smallest absolute Gasteiger partial charge is 0.274 e. The number of hydrogen-bond acceptors (Lipinski definition) is 3. The summed E-state index contributed by atoms with van der Waals surface area (Å²) in [7, 11) is 0. The summed E-state index contributed by atoms with van der Waals surface area (Å²) in [5, 5.41) is 2.96. The minimum Gasteiger partial charge on any atom is -0.318 e. The standard InChI is InChI=1S/C11H7BrClN3O/c12-10-7(4-2-6-14-10)16-11(17)8-3-1-5-9(13)15-8/h1-6H,(H,16,17). The summed E-state index contributed by atoms with van der Waals surface area (Å²) in [6.07, 6.45) is 1.62. The van der Waals surface area contributed by atoms with Crippen molar-refractivity contribution in [1.29, 1.82) is 0 Å². The highest BCUT2D eigenvalue weighted by Crippen LogP contribution is 2.19. The first kappa shape index (κ1) is 12.0. The Labute approximate surface area is 111 Å². The van der Waals surface area contributed by atoms with E-state index in [1.54, 1.807) is 36.5 Å². The van der Waals surface area contributed by atoms with Gasteiger partial charge in [-0.2, -0.15) is 0 Å². The van der Waals surface area contributed by atoms with Gasteiger partial charge >= 0.3 is 0 Å². The highest BCUT2D eigenvalue weighted by molar-refractivity contribution is 9.10. The van der Waals surface area contributed by atoms with Crippen molar-refractivity contribution in [3.63, 3.8) is 0 Å². The molecule has 86 valence electrons. The summed E-state index contributed by atoms with van der Waals surface area (Å²) in [5.74, 6) is -0.332. The van der Waals surface area contributed by atoms with Crippen molar-refractivity contribution in [2.75, 3.05) is 5.32 Å². The van der Waals surface area contributed by atoms with Gasteiger partial charge in [-0.1, -0.05) is 17.7 Å². The van der Waals surface area contributed by atoms with Gasteiger partial charge in [0.05, 0.1) is 5.69 Å². The Hall–Kier alpha value is -1.46. The van der Waals surface area contributed by atoms with E-state index in [2.05, 4.69) is 31.2 Å². The molecule has 0 saturated heterocycles. The van der Waals surface area contributed by atoms with Gasteiger partial charge in [0.15, 0.2) is 0 Å². The number of nitrogens with zero attached hydrogens (tertiary/aromatic N) is 2. The minimum absolute atomic E-state index is 0.258. The number of pyridine rings is 2. The van der Waals surface area contributed by atoms with E-state index in [0.29, 0.717) is 10.3 Å². The van der Waals surface area contributed by atoms with Crippen molar-refractivity contribution in [1.82, 2.24) is 9.97 Å². The van der Waals surface area contributed by atoms with E-state index in [9.17, 15) is 4.79 Å². The lowest BCUT2D eigenvalue weighted by Gasteiger charge is -2.05. The van der Waals surface area contributed by atoms with Gasteiger partial charge in [0.1, 0.15) is 15.5 Å². The molecule has 6 heteroatoms. The van der Waals surface area contributed by atoms with Crippen LogP contribution in [0.1, 0.15) is 10.5 Å².